The molecule has 0 aliphatic rings. The second-order valence-electron chi connectivity index (χ2n) is 4.93. The van der Waals surface area contributed by atoms with Crippen molar-refractivity contribution in [2.75, 3.05) is 25.5 Å². The molecule has 1 heterocycles. The second kappa shape index (κ2) is 7.61. The fraction of sp³-hybridized carbons (Fsp3) is 0.750. The zero-order valence-corrected chi connectivity index (χ0v) is 13.1. The summed E-state index contributed by atoms with van der Waals surface area (Å²) in [6.45, 7) is 7.84. The lowest BCUT2D eigenvalue weighted by atomic mass is 10.1. The zero-order valence-electron chi connectivity index (χ0n) is 12.3. The van der Waals surface area contributed by atoms with Crippen molar-refractivity contribution in [2.24, 2.45) is 5.92 Å². The van der Waals surface area contributed by atoms with Gasteiger partial charge in [0.15, 0.2) is 5.82 Å². The van der Waals surface area contributed by atoms with Crippen LogP contribution in [0.25, 0.3) is 0 Å². The summed E-state index contributed by atoms with van der Waals surface area (Å²) < 4.78 is 33.3. The Morgan fingerprint density at radius 3 is 2.70 bits per heavy atom. The zero-order chi connectivity index (χ0) is 15.2. The summed E-state index contributed by atoms with van der Waals surface area (Å²) in [6.07, 6.45) is 2.39. The number of aromatic nitrogens is 2. The molecule has 0 atom stereocenters. The molecule has 8 heteroatoms. The highest BCUT2D eigenvalue weighted by Gasteiger charge is 2.20. The molecule has 0 aliphatic carbocycles. The average molecular weight is 304 g/mol. The van der Waals surface area contributed by atoms with Crippen LogP contribution in [0.4, 0.5) is 5.82 Å². The topological polar surface area (TPSA) is 99.2 Å². The molecule has 0 bridgehead atoms. The molecule has 0 aliphatic heterocycles. The number of sulfonamides is 1. The number of hydrogen-bond donors (Lipinski definition) is 2. The Morgan fingerprint density at radius 1 is 1.45 bits per heavy atom. The van der Waals surface area contributed by atoms with Crippen LogP contribution in [0.15, 0.2) is 11.1 Å². The van der Waals surface area contributed by atoms with Crippen LogP contribution in [0, 0.1) is 5.92 Å². The predicted octanol–water partition coefficient (Wildman–Crippen LogP) is 0.826. The Labute approximate surface area is 120 Å². The average Bonchev–Trinajstić information content (AvgIpc) is 2.75. The first-order chi connectivity index (χ1) is 9.36. The molecular weight excluding hydrogens is 280 g/mol. The Balaban J connectivity index is 2.43. The third-order valence-corrected chi connectivity index (χ3v) is 4.22. The minimum absolute atomic E-state index is 0.0140. The minimum atomic E-state index is -3.62. The van der Waals surface area contributed by atoms with E-state index in [-0.39, 0.29) is 17.3 Å². The number of nitrogens with two attached hydrogens (primary N) is 1. The lowest BCUT2D eigenvalue weighted by Crippen LogP contribution is -2.28. The first-order valence-electron chi connectivity index (χ1n) is 6.77. The van der Waals surface area contributed by atoms with Gasteiger partial charge >= 0.3 is 0 Å². The van der Waals surface area contributed by atoms with E-state index in [0.29, 0.717) is 25.7 Å². The van der Waals surface area contributed by atoms with Gasteiger partial charge in [-0.25, -0.2) is 13.1 Å². The summed E-state index contributed by atoms with van der Waals surface area (Å²) in [7, 11) is -3.62. The van der Waals surface area contributed by atoms with E-state index < -0.39 is 10.0 Å². The maximum Gasteiger partial charge on any atom is 0.245 e. The molecule has 0 fully saturated rings. The molecule has 7 nitrogen and oxygen atoms in total. The first-order valence-corrected chi connectivity index (χ1v) is 8.25. The van der Waals surface area contributed by atoms with Crippen molar-refractivity contribution >= 4 is 15.8 Å². The third kappa shape index (κ3) is 5.10. The SMILES string of the molecule is CCn1cc(S(=O)(=O)NCCOCCC(C)C)c(N)n1. The highest BCUT2D eigenvalue weighted by Crippen LogP contribution is 2.15. The van der Waals surface area contributed by atoms with Crippen molar-refractivity contribution in [3.63, 3.8) is 0 Å². The van der Waals surface area contributed by atoms with Crippen molar-refractivity contribution < 1.29 is 13.2 Å². The van der Waals surface area contributed by atoms with Crippen LogP contribution in [0.1, 0.15) is 27.2 Å². The lowest BCUT2D eigenvalue weighted by Gasteiger charge is -2.07. The predicted molar refractivity (Wildman–Crippen MR) is 77.8 cm³/mol. The molecular formula is C12H24N4O3S. The Morgan fingerprint density at radius 2 is 2.15 bits per heavy atom. The Kier molecular flexibility index (Phi) is 6.44. The maximum atomic E-state index is 12.0. The van der Waals surface area contributed by atoms with Gasteiger partial charge in [0.05, 0.1) is 6.61 Å². The van der Waals surface area contributed by atoms with Crippen LogP contribution in [0.5, 0.6) is 0 Å². The van der Waals surface area contributed by atoms with Crippen LogP contribution >= 0.6 is 0 Å². The molecule has 0 amide bonds. The second-order valence-corrected chi connectivity index (χ2v) is 6.66. The van der Waals surface area contributed by atoms with Gasteiger partial charge < -0.3 is 10.5 Å². The highest BCUT2D eigenvalue weighted by atomic mass is 32.2. The van der Waals surface area contributed by atoms with Crippen LogP contribution < -0.4 is 10.5 Å². The van der Waals surface area contributed by atoms with E-state index in [1.807, 2.05) is 6.92 Å². The monoisotopic (exact) mass is 304 g/mol. The molecule has 116 valence electrons. The quantitative estimate of drug-likeness (QED) is 0.658. The minimum Gasteiger partial charge on any atom is -0.381 e. The van der Waals surface area contributed by atoms with E-state index in [1.165, 1.54) is 10.9 Å². The van der Waals surface area contributed by atoms with E-state index in [9.17, 15) is 8.42 Å². The molecule has 0 spiro atoms. The Hall–Kier alpha value is -1.12. The number of anilines is 1. The number of nitrogens with zero attached hydrogens (tertiary/aromatic N) is 2. The fourth-order valence-corrected chi connectivity index (χ4v) is 2.62. The van der Waals surface area contributed by atoms with Gasteiger partial charge in [-0.2, -0.15) is 5.10 Å². The molecule has 0 radical (unpaired) electrons. The van der Waals surface area contributed by atoms with Crippen LogP contribution in [-0.4, -0.2) is 38.0 Å². The molecule has 3 N–H and O–H groups in total. The standard InChI is InChI=1S/C12H24N4O3S/c1-4-16-9-11(12(13)15-16)20(17,18)14-6-8-19-7-5-10(2)3/h9-10,14H,4-8H2,1-3H3,(H2,13,15). The number of hydrogen-bond acceptors (Lipinski definition) is 5. The van der Waals surface area contributed by atoms with E-state index in [1.54, 1.807) is 0 Å². The summed E-state index contributed by atoms with van der Waals surface area (Å²) in [4.78, 5) is 0.0153. The van der Waals surface area contributed by atoms with Crippen molar-refractivity contribution in [1.29, 1.82) is 0 Å². The molecule has 0 saturated heterocycles. The van der Waals surface area contributed by atoms with Crippen LogP contribution in [0.2, 0.25) is 0 Å². The van der Waals surface area contributed by atoms with E-state index in [4.69, 9.17) is 10.5 Å². The molecule has 0 aromatic carbocycles. The summed E-state index contributed by atoms with van der Waals surface area (Å²) in [6, 6.07) is 0. The largest absolute Gasteiger partial charge is 0.381 e. The third-order valence-electron chi connectivity index (χ3n) is 2.75. The fourth-order valence-electron chi connectivity index (χ4n) is 1.53. The van der Waals surface area contributed by atoms with Gasteiger partial charge in [-0.1, -0.05) is 13.8 Å². The molecule has 1 aromatic heterocycles. The van der Waals surface area contributed by atoms with Gasteiger partial charge in [0.2, 0.25) is 10.0 Å². The van der Waals surface area contributed by atoms with Gasteiger partial charge in [-0.05, 0) is 19.3 Å². The summed E-state index contributed by atoms with van der Waals surface area (Å²) in [5, 5.41) is 3.92. The van der Waals surface area contributed by atoms with E-state index in [2.05, 4.69) is 23.7 Å². The van der Waals surface area contributed by atoms with Gasteiger partial charge in [-0.3, -0.25) is 4.68 Å². The molecule has 1 rings (SSSR count). The lowest BCUT2D eigenvalue weighted by molar-refractivity contribution is 0.128. The van der Waals surface area contributed by atoms with E-state index >= 15 is 0 Å². The summed E-state index contributed by atoms with van der Waals surface area (Å²) >= 11 is 0. The smallest absolute Gasteiger partial charge is 0.245 e. The highest BCUT2D eigenvalue weighted by molar-refractivity contribution is 7.89. The van der Waals surface area contributed by atoms with Gasteiger partial charge in [0.1, 0.15) is 4.90 Å². The van der Waals surface area contributed by atoms with E-state index in [0.717, 1.165) is 6.42 Å². The van der Waals surface area contributed by atoms with Crippen molar-refractivity contribution in [3.05, 3.63) is 6.20 Å². The number of rotatable bonds is 9. The number of ether oxygens (including phenoxy) is 1. The molecule has 0 unspecified atom stereocenters. The van der Waals surface area contributed by atoms with Crippen molar-refractivity contribution in [1.82, 2.24) is 14.5 Å². The van der Waals surface area contributed by atoms with Gasteiger partial charge in [-0.15, -0.1) is 0 Å². The van der Waals surface area contributed by atoms with Gasteiger partial charge in [0, 0.05) is 25.9 Å². The molecule has 0 saturated carbocycles. The van der Waals surface area contributed by atoms with Crippen LogP contribution in [0.3, 0.4) is 0 Å². The van der Waals surface area contributed by atoms with Crippen molar-refractivity contribution in [3.8, 4) is 0 Å². The maximum absolute atomic E-state index is 12.0. The van der Waals surface area contributed by atoms with Crippen LogP contribution in [-0.2, 0) is 21.3 Å². The number of nitrogens with one attached hydrogen (secondary N) is 1. The summed E-state index contributed by atoms with van der Waals surface area (Å²) in [5.74, 6) is 0.589. The first kappa shape index (κ1) is 16.9. The Bertz CT molecular complexity index is 511. The molecule has 1 aromatic rings. The normalized spacial score (nSPS) is 12.2. The van der Waals surface area contributed by atoms with Crippen molar-refractivity contribution in [2.45, 2.75) is 38.6 Å². The number of aryl methyl sites for hydroxylation is 1. The molecule has 20 heavy (non-hydrogen) atoms. The number of nitrogen functional groups attached to an aromatic ring is 1. The van der Waals surface area contributed by atoms with Gasteiger partial charge in [0.25, 0.3) is 0 Å². The summed E-state index contributed by atoms with van der Waals surface area (Å²) in [5.41, 5.74) is 5.61.